The molecule has 0 aliphatic carbocycles. The van der Waals surface area contributed by atoms with Crippen LogP contribution in [-0.2, 0) is 15.5 Å². The van der Waals surface area contributed by atoms with E-state index in [1.807, 2.05) is 42.5 Å². The van der Waals surface area contributed by atoms with Crippen molar-refractivity contribution in [1.82, 2.24) is 9.65 Å². The summed E-state index contributed by atoms with van der Waals surface area (Å²) in [6, 6.07) is 17.0. The highest BCUT2D eigenvalue weighted by Crippen LogP contribution is 2.51. The Morgan fingerprint density at radius 1 is 1.15 bits per heavy atom. The molecule has 1 aliphatic rings. The zero-order valence-corrected chi connectivity index (χ0v) is 15.8. The first-order valence-electron chi connectivity index (χ1n) is 8.55. The Morgan fingerprint density at radius 2 is 1.88 bits per heavy atom. The van der Waals surface area contributed by atoms with E-state index in [1.165, 1.54) is 4.67 Å². The van der Waals surface area contributed by atoms with E-state index in [-0.39, 0.29) is 24.4 Å². The number of carbonyl (C=O) groups is 1. The van der Waals surface area contributed by atoms with Gasteiger partial charge in [0.2, 0.25) is 5.91 Å². The van der Waals surface area contributed by atoms with Crippen molar-refractivity contribution >= 4 is 35.0 Å². The van der Waals surface area contributed by atoms with Crippen LogP contribution in [0.1, 0.15) is 29.3 Å². The molecule has 0 spiro atoms. The van der Waals surface area contributed by atoms with Gasteiger partial charge in [-0.1, -0.05) is 42.5 Å². The second-order valence-electron chi connectivity index (χ2n) is 6.53. The molecular formula is C19H19N2O3PS. The Balaban J connectivity index is 1.49. The molecule has 0 radical (unpaired) electrons. The third kappa shape index (κ3) is 3.45. The lowest BCUT2D eigenvalue weighted by Crippen LogP contribution is -2.36. The highest BCUT2D eigenvalue weighted by Gasteiger charge is 2.38. The maximum absolute atomic E-state index is 12.8. The van der Waals surface area contributed by atoms with Crippen LogP contribution in [0.15, 0.2) is 54.6 Å². The van der Waals surface area contributed by atoms with Crippen molar-refractivity contribution in [3.8, 4) is 0 Å². The van der Waals surface area contributed by atoms with E-state index in [0.29, 0.717) is 13.0 Å². The van der Waals surface area contributed by atoms with Crippen LogP contribution < -0.4 is 0 Å². The molecule has 0 saturated carbocycles. The highest BCUT2D eigenvalue weighted by atomic mass is 32.1. The molecule has 5 nitrogen and oxygen atoms in total. The molecule has 1 N–H and O–H groups in total. The van der Waals surface area contributed by atoms with Crippen LogP contribution >= 0.6 is 18.9 Å². The molecule has 2 aromatic carbocycles. The van der Waals surface area contributed by atoms with Gasteiger partial charge in [0.1, 0.15) is 0 Å². The molecular weight excluding hydrogens is 367 g/mol. The van der Waals surface area contributed by atoms with Crippen molar-refractivity contribution < 1.29 is 14.3 Å². The molecule has 1 aromatic heterocycles. The lowest BCUT2D eigenvalue weighted by Gasteiger charge is -2.33. The van der Waals surface area contributed by atoms with E-state index in [2.05, 4.69) is 4.98 Å². The third-order valence-electron chi connectivity index (χ3n) is 4.67. The molecule has 1 fully saturated rings. The topological polar surface area (TPSA) is 70.5 Å². The fourth-order valence-corrected chi connectivity index (χ4v) is 6.15. The molecule has 1 amide bonds. The van der Waals surface area contributed by atoms with Crippen LogP contribution in [0.25, 0.3) is 10.2 Å². The third-order valence-corrected chi connectivity index (χ3v) is 7.82. The average molecular weight is 386 g/mol. The minimum absolute atomic E-state index is 0.00855. The van der Waals surface area contributed by atoms with Crippen LogP contribution in [0.3, 0.4) is 0 Å². The first-order valence-corrected chi connectivity index (χ1v) is 11.2. The Kier molecular flexibility index (Phi) is 4.65. The molecule has 7 heteroatoms. The van der Waals surface area contributed by atoms with E-state index in [1.54, 1.807) is 23.5 Å². The van der Waals surface area contributed by atoms with Crippen molar-refractivity contribution in [1.29, 1.82) is 0 Å². The van der Waals surface area contributed by atoms with E-state index in [4.69, 9.17) is 0 Å². The highest BCUT2D eigenvalue weighted by molar-refractivity contribution is 7.55. The van der Waals surface area contributed by atoms with E-state index >= 15 is 0 Å². The van der Waals surface area contributed by atoms with Gasteiger partial charge in [0.25, 0.3) is 7.52 Å². The smallest absolute Gasteiger partial charge is 0.300 e. The van der Waals surface area contributed by atoms with Gasteiger partial charge in [0.15, 0.2) is 0 Å². The quantitative estimate of drug-likeness (QED) is 0.675. The zero-order valence-electron chi connectivity index (χ0n) is 14.1. The molecule has 0 bridgehead atoms. The molecule has 26 heavy (non-hydrogen) atoms. The standard InChI is InChI=1S/C19H19N2O3PS/c22-18-12-15(19-20-16-8-4-5-9-17(16)26-19)10-11-21(18)25(23,24)13-14-6-2-1-3-7-14/h1-9,15H,10-13H2,(H,23,24). The summed E-state index contributed by atoms with van der Waals surface area (Å²) in [6.45, 7) is 0.292. The first-order chi connectivity index (χ1) is 12.5. The minimum Gasteiger partial charge on any atom is -0.329 e. The predicted octanol–water partition coefficient (Wildman–Crippen LogP) is 4.39. The molecule has 134 valence electrons. The van der Waals surface area contributed by atoms with E-state index in [0.717, 1.165) is 20.8 Å². The van der Waals surface area contributed by atoms with Crippen LogP contribution in [-0.4, -0.2) is 27.0 Å². The monoisotopic (exact) mass is 386 g/mol. The summed E-state index contributed by atoms with van der Waals surface area (Å²) in [4.78, 5) is 27.7. The minimum atomic E-state index is -3.73. The summed E-state index contributed by atoms with van der Waals surface area (Å²) in [7, 11) is -3.73. The first kappa shape index (κ1) is 17.4. The van der Waals surface area contributed by atoms with Gasteiger partial charge in [-0.3, -0.25) is 14.0 Å². The van der Waals surface area contributed by atoms with Crippen molar-refractivity contribution in [3.63, 3.8) is 0 Å². The van der Waals surface area contributed by atoms with E-state index in [9.17, 15) is 14.3 Å². The second kappa shape index (κ2) is 6.95. The number of hydrogen-bond donors (Lipinski definition) is 1. The van der Waals surface area contributed by atoms with Crippen molar-refractivity contribution in [2.45, 2.75) is 24.9 Å². The fourth-order valence-electron chi connectivity index (χ4n) is 3.33. The number of nitrogens with zero attached hydrogens (tertiary/aromatic N) is 2. The molecule has 1 saturated heterocycles. The van der Waals surface area contributed by atoms with Crippen molar-refractivity contribution in [2.75, 3.05) is 6.54 Å². The van der Waals surface area contributed by atoms with Crippen LogP contribution in [0.5, 0.6) is 0 Å². The molecule has 2 atom stereocenters. The van der Waals surface area contributed by atoms with Gasteiger partial charge in [-0.05, 0) is 24.1 Å². The normalized spacial score (nSPS) is 20.3. The second-order valence-corrected chi connectivity index (χ2v) is 9.73. The van der Waals surface area contributed by atoms with Gasteiger partial charge in [-0.2, -0.15) is 0 Å². The fraction of sp³-hybridized carbons (Fsp3) is 0.263. The predicted molar refractivity (Wildman–Crippen MR) is 103 cm³/mol. The number of benzene rings is 2. The number of rotatable bonds is 4. The Bertz CT molecular complexity index is 956. The van der Waals surface area contributed by atoms with Gasteiger partial charge in [0.05, 0.1) is 21.4 Å². The number of carbonyl (C=O) groups excluding carboxylic acids is 1. The number of para-hydroxylation sites is 1. The largest absolute Gasteiger partial charge is 0.329 e. The zero-order chi connectivity index (χ0) is 18.1. The Labute approximate surface area is 155 Å². The van der Waals surface area contributed by atoms with Gasteiger partial charge < -0.3 is 4.89 Å². The summed E-state index contributed by atoms with van der Waals surface area (Å²) < 4.78 is 15.1. The number of piperidine rings is 1. The number of thiazole rings is 1. The Morgan fingerprint density at radius 3 is 2.62 bits per heavy atom. The molecule has 2 unspecified atom stereocenters. The number of fused-ring (bicyclic) bond motifs is 1. The summed E-state index contributed by atoms with van der Waals surface area (Å²) in [6.07, 6.45) is 0.884. The van der Waals surface area contributed by atoms with Gasteiger partial charge >= 0.3 is 0 Å². The number of hydrogen-bond acceptors (Lipinski definition) is 4. The van der Waals surface area contributed by atoms with Crippen LogP contribution in [0.2, 0.25) is 0 Å². The lowest BCUT2D eigenvalue weighted by atomic mass is 9.98. The summed E-state index contributed by atoms with van der Waals surface area (Å²) >= 11 is 1.60. The maximum Gasteiger partial charge on any atom is 0.300 e. The van der Waals surface area contributed by atoms with Crippen molar-refractivity contribution in [3.05, 3.63) is 65.2 Å². The van der Waals surface area contributed by atoms with E-state index < -0.39 is 7.52 Å². The molecule has 2 heterocycles. The van der Waals surface area contributed by atoms with Gasteiger partial charge in [-0.25, -0.2) is 4.98 Å². The molecule has 1 aliphatic heterocycles. The summed E-state index contributed by atoms with van der Waals surface area (Å²) in [5.41, 5.74) is 1.71. The number of aromatic nitrogens is 1. The molecule has 3 aromatic rings. The summed E-state index contributed by atoms with van der Waals surface area (Å²) in [5, 5.41) is 0.940. The SMILES string of the molecule is O=C1CC(c2nc3ccccc3s2)CCN1P(=O)(O)Cc1ccccc1. The summed E-state index contributed by atoms with van der Waals surface area (Å²) in [5.74, 6) is -0.241. The van der Waals surface area contributed by atoms with Gasteiger partial charge in [-0.15, -0.1) is 11.3 Å². The van der Waals surface area contributed by atoms with Gasteiger partial charge in [0, 0.05) is 18.9 Å². The van der Waals surface area contributed by atoms with Crippen LogP contribution in [0, 0.1) is 0 Å². The Hall–Kier alpha value is -2.01. The van der Waals surface area contributed by atoms with Crippen molar-refractivity contribution in [2.24, 2.45) is 0 Å². The molecule has 4 rings (SSSR count). The number of amides is 1. The lowest BCUT2D eigenvalue weighted by molar-refractivity contribution is -0.129. The maximum atomic E-state index is 12.8. The van der Waals surface area contributed by atoms with Crippen LogP contribution in [0.4, 0.5) is 0 Å². The average Bonchev–Trinajstić information content (AvgIpc) is 3.06.